The number of hydrogen-bond acceptors (Lipinski definition) is 3. The Kier molecular flexibility index (Phi) is 2.45. The quantitative estimate of drug-likeness (QED) is 0.749. The van der Waals surface area contributed by atoms with Gasteiger partial charge in [-0.15, -0.1) is 11.8 Å². The SMILES string of the molecule is CSc1ccc(C2(CN)CC2)cc1O. The minimum Gasteiger partial charge on any atom is -0.507 e. The number of benzene rings is 1. The fraction of sp³-hybridized carbons (Fsp3) is 0.455. The second kappa shape index (κ2) is 3.48. The zero-order valence-electron chi connectivity index (χ0n) is 8.29. The Balaban J connectivity index is 2.33. The molecule has 0 atom stereocenters. The van der Waals surface area contributed by atoms with Crippen LogP contribution in [-0.2, 0) is 5.41 Å². The Hall–Kier alpha value is -0.670. The van der Waals surface area contributed by atoms with Gasteiger partial charge < -0.3 is 10.8 Å². The van der Waals surface area contributed by atoms with Crippen molar-refractivity contribution in [1.82, 2.24) is 0 Å². The van der Waals surface area contributed by atoms with Crippen LogP contribution >= 0.6 is 11.8 Å². The van der Waals surface area contributed by atoms with E-state index in [1.165, 1.54) is 5.56 Å². The number of phenolic OH excluding ortho intramolecular Hbond substituents is 1. The molecule has 0 radical (unpaired) electrons. The highest BCUT2D eigenvalue weighted by molar-refractivity contribution is 7.98. The van der Waals surface area contributed by atoms with Crippen molar-refractivity contribution in [2.24, 2.45) is 5.73 Å². The normalized spacial score (nSPS) is 18.1. The molecule has 0 bridgehead atoms. The third-order valence-electron chi connectivity index (χ3n) is 3.04. The van der Waals surface area contributed by atoms with Gasteiger partial charge in [-0.05, 0) is 36.8 Å². The van der Waals surface area contributed by atoms with E-state index < -0.39 is 0 Å². The van der Waals surface area contributed by atoms with E-state index in [0.717, 1.165) is 17.7 Å². The summed E-state index contributed by atoms with van der Waals surface area (Å²) in [6.07, 6.45) is 4.27. The van der Waals surface area contributed by atoms with Crippen LogP contribution in [0.4, 0.5) is 0 Å². The highest BCUT2D eigenvalue weighted by Gasteiger charge is 2.42. The van der Waals surface area contributed by atoms with Crippen molar-refractivity contribution < 1.29 is 5.11 Å². The van der Waals surface area contributed by atoms with Crippen molar-refractivity contribution >= 4 is 11.8 Å². The Morgan fingerprint density at radius 2 is 2.21 bits per heavy atom. The largest absolute Gasteiger partial charge is 0.507 e. The van der Waals surface area contributed by atoms with Gasteiger partial charge in [0.15, 0.2) is 0 Å². The molecule has 1 aliphatic rings. The van der Waals surface area contributed by atoms with Gasteiger partial charge in [0.2, 0.25) is 0 Å². The van der Waals surface area contributed by atoms with Crippen molar-refractivity contribution in [3.63, 3.8) is 0 Å². The van der Waals surface area contributed by atoms with Crippen molar-refractivity contribution in [1.29, 1.82) is 0 Å². The molecule has 1 aromatic carbocycles. The van der Waals surface area contributed by atoms with E-state index in [0.29, 0.717) is 12.3 Å². The average Bonchev–Trinajstić information content (AvgIpc) is 2.98. The summed E-state index contributed by atoms with van der Waals surface area (Å²) in [5.41, 5.74) is 7.10. The second-order valence-corrected chi connectivity index (χ2v) is 4.72. The van der Waals surface area contributed by atoms with Crippen molar-refractivity contribution in [3.05, 3.63) is 23.8 Å². The van der Waals surface area contributed by atoms with Gasteiger partial charge >= 0.3 is 0 Å². The Morgan fingerprint density at radius 3 is 2.64 bits per heavy atom. The first kappa shape index (κ1) is 9.87. The molecule has 1 aromatic rings. The minimum absolute atomic E-state index is 0.175. The number of phenols is 1. The van der Waals surface area contributed by atoms with Crippen LogP contribution in [0.2, 0.25) is 0 Å². The van der Waals surface area contributed by atoms with Gasteiger partial charge in [-0.3, -0.25) is 0 Å². The van der Waals surface area contributed by atoms with Crippen LogP contribution in [-0.4, -0.2) is 17.9 Å². The zero-order valence-corrected chi connectivity index (χ0v) is 9.10. The summed E-state index contributed by atoms with van der Waals surface area (Å²) >= 11 is 1.56. The van der Waals surface area contributed by atoms with E-state index in [1.54, 1.807) is 11.8 Å². The van der Waals surface area contributed by atoms with Gasteiger partial charge in [0.05, 0.1) is 0 Å². The molecular weight excluding hydrogens is 194 g/mol. The van der Waals surface area contributed by atoms with E-state index >= 15 is 0 Å². The van der Waals surface area contributed by atoms with Crippen molar-refractivity contribution in [2.45, 2.75) is 23.2 Å². The van der Waals surface area contributed by atoms with E-state index in [1.807, 2.05) is 18.4 Å². The molecular formula is C11H15NOS. The fourth-order valence-corrected chi connectivity index (χ4v) is 2.25. The zero-order chi connectivity index (χ0) is 10.2. The summed E-state index contributed by atoms with van der Waals surface area (Å²) in [4.78, 5) is 0.932. The van der Waals surface area contributed by atoms with Gasteiger partial charge in [-0.1, -0.05) is 6.07 Å². The lowest BCUT2D eigenvalue weighted by Crippen LogP contribution is -2.19. The average molecular weight is 209 g/mol. The molecule has 0 amide bonds. The van der Waals surface area contributed by atoms with E-state index in [9.17, 15) is 5.11 Å². The van der Waals surface area contributed by atoms with Crippen LogP contribution in [0.25, 0.3) is 0 Å². The molecule has 14 heavy (non-hydrogen) atoms. The molecule has 0 saturated heterocycles. The standard InChI is InChI=1S/C11H15NOS/c1-14-10-3-2-8(6-9(10)13)11(7-12)4-5-11/h2-3,6,13H,4-5,7,12H2,1H3. The molecule has 0 aliphatic heterocycles. The highest BCUT2D eigenvalue weighted by Crippen LogP contribution is 2.48. The molecule has 3 heteroatoms. The molecule has 1 fully saturated rings. The highest BCUT2D eigenvalue weighted by atomic mass is 32.2. The molecule has 1 aliphatic carbocycles. The summed E-state index contributed by atoms with van der Waals surface area (Å²) < 4.78 is 0. The van der Waals surface area contributed by atoms with Gasteiger partial charge in [0, 0.05) is 16.9 Å². The van der Waals surface area contributed by atoms with E-state index in [4.69, 9.17) is 5.73 Å². The maximum absolute atomic E-state index is 9.72. The maximum Gasteiger partial charge on any atom is 0.129 e. The van der Waals surface area contributed by atoms with Crippen LogP contribution < -0.4 is 5.73 Å². The maximum atomic E-state index is 9.72. The van der Waals surface area contributed by atoms with Gasteiger partial charge in [0.25, 0.3) is 0 Å². The van der Waals surface area contributed by atoms with Crippen molar-refractivity contribution in [3.8, 4) is 5.75 Å². The number of hydrogen-bond donors (Lipinski definition) is 2. The molecule has 3 N–H and O–H groups in total. The minimum atomic E-state index is 0.175. The second-order valence-electron chi connectivity index (χ2n) is 3.87. The fourth-order valence-electron chi connectivity index (χ4n) is 1.78. The van der Waals surface area contributed by atoms with Crippen LogP contribution in [0, 0.1) is 0 Å². The number of nitrogens with two attached hydrogens (primary N) is 1. The Morgan fingerprint density at radius 1 is 1.50 bits per heavy atom. The molecule has 1 saturated carbocycles. The Bertz CT molecular complexity index is 347. The summed E-state index contributed by atoms with van der Waals surface area (Å²) in [6.45, 7) is 0.686. The molecule has 2 nitrogen and oxygen atoms in total. The van der Waals surface area contributed by atoms with Crippen molar-refractivity contribution in [2.75, 3.05) is 12.8 Å². The lowest BCUT2D eigenvalue weighted by Gasteiger charge is -2.13. The predicted octanol–water partition coefficient (Wildman–Crippen LogP) is 2.10. The van der Waals surface area contributed by atoms with E-state index in [2.05, 4.69) is 6.07 Å². The molecule has 76 valence electrons. The predicted molar refractivity (Wildman–Crippen MR) is 59.9 cm³/mol. The monoisotopic (exact) mass is 209 g/mol. The van der Waals surface area contributed by atoms with Crippen LogP contribution in [0.3, 0.4) is 0 Å². The van der Waals surface area contributed by atoms with Gasteiger partial charge in [-0.25, -0.2) is 0 Å². The molecule has 2 rings (SSSR count). The molecule has 0 heterocycles. The van der Waals surface area contributed by atoms with Crippen LogP contribution in [0.15, 0.2) is 23.1 Å². The molecule has 0 aromatic heterocycles. The summed E-state index contributed by atoms with van der Waals surface area (Å²) in [7, 11) is 0. The van der Waals surface area contributed by atoms with Crippen LogP contribution in [0.1, 0.15) is 18.4 Å². The molecule has 0 unspecified atom stereocenters. The van der Waals surface area contributed by atoms with Crippen LogP contribution in [0.5, 0.6) is 5.75 Å². The summed E-state index contributed by atoms with van der Waals surface area (Å²) in [5.74, 6) is 0.384. The number of rotatable bonds is 3. The number of aromatic hydroxyl groups is 1. The first-order valence-corrected chi connectivity index (χ1v) is 6.02. The lowest BCUT2D eigenvalue weighted by molar-refractivity contribution is 0.460. The van der Waals surface area contributed by atoms with Gasteiger partial charge in [0.1, 0.15) is 5.75 Å². The third kappa shape index (κ3) is 1.51. The van der Waals surface area contributed by atoms with Gasteiger partial charge in [-0.2, -0.15) is 0 Å². The summed E-state index contributed by atoms with van der Waals surface area (Å²) in [5, 5.41) is 9.72. The first-order valence-electron chi connectivity index (χ1n) is 4.79. The Labute approximate surface area is 88.5 Å². The third-order valence-corrected chi connectivity index (χ3v) is 3.82. The lowest BCUT2D eigenvalue weighted by atomic mass is 9.96. The smallest absolute Gasteiger partial charge is 0.129 e. The summed E-state index contributed by atoms with van der Waals surface area (Å²) in [6, 6.07) is 5.93. The molecule has 0 spiro atoms. The van der Waals surface area contributed by atoms with E-state index in [-0.39, 0.29) is 5.41 Å². The topological polar surface area (TPSA) is 46.2 Å². The number of thioether (sulfide) groups is 1. The first-order chi connectivity index (χ1) is 6.72.